The number of amides is 2. The van der Waals surface area contributed by atoms with E-state index in [0.717, 1.165) is 61.4 Å². The lowest BCUT2D eigenvalue weighted by Gasteiger charge is -2.33. The molecule has 32 heavy (non-hydrogen) atoms. The molecule has 2 fully saturated rings. The number of rotatable bonds is 4. The van der Waals surface area contributed by atoms with Crippen LogP contribution < -0.4 is 20.4 Å². The normalized spacial score (nSPS) is 18.7. The van der Waals surface area contributed by atoms with Crippen molar-refractivity contribution in [3.05, 3.63) is 42.0 Å². The number of hydrogen-bond donors (Lipinski definition) is 2. The first-order valence-corrected chi connectivity index (χ1v) is 11.8. The van der Waals surface area contributed by atoms with Gasteiger partial charge >= 0.3 is 0 Å². The molecule has 3 aliphatic heterocycles. The first-order chi connectivity index (χ1) is 15.7. The van der Waals surface area contributed by atoms with Gasteiger partial charge in [0, 0.05) is 42.3 Å². The molecule has 0 atom stereocenters. The van der Waals surface area contributed by atoms with Crippen molar-refractivity contribution < 1.29 is 19.1 Å². The Bertz CT molecular complexity index is 1020. The number of thioether (sulfide) groups is 1. The molecule has 0 bridgehead atoms. The van der Waals surface area contributed by atoms with Crippen LogP contribution in [0.4, 0.5) is 22.7 Å². The highest BCUT2D eigenvalue weighted by atomic mass is 32.2. The monoisotopic (exact) mass is 454 g/mol. The van der Waals surface area contributed by atoms with Gasteiger partial charge in [-0.25, -0.2) is 0 Å². The Kier molecular flexibility index (Phi) is 6.20. The van der Waals surface area contributed by atoms with E-state index in [1.54, 1.807) is 12.1 Å². The van der Waals surface area contributed by atoms with E-state index < -0.39 is 0 Å². The van der Waals surface area contributed by atoms with E-state index >= 15 is 0 Å². The van der Waals surface area contributed by atoms with E-state index in [-0.39, 0.29) is 11.8 Å². The minimum Gasteiger partial charge on any atom is -0.378 e. The Balaban J connectivity index is 1.41. The summed E-state index contributed by atoms with van der Waals surface area (Å²) in [6.07, 6.45) is 0. The highest BCUT2D eigenvalue weighted by Crippen LogP contribution is 2.34. The van der Waals surface area contributed by atoms with Crippen LogP contribution in [0.25, 0.3) is 0 Å². The number of carbonyl (C=O) groups is 2. The SMILES string of the molecule is O=C1CSc2ccc(C(=O)Nc3ccc(N4CCOCC4)cc3N3CCOCC3)cc2N1. The van der Waals surface area contributed by atoms with Crippen molar-refractivity contribution in [1.82, 2.24) is 0 Å². The Morgan fingerprint density at radius 2 is 1.66 bits per heavy atom. The molecule has 168 valence electrons. The molecule has 2 N–H and O–H groups in total. The maximum Gasteiger partial charge on any atom is 0.255 e. The number of carbonyl (C=O) groups excluding carboxylic acids is 2. The van der Waals surface area contributed by atoms with Crippen LogP contribution in [0.1, 0.15) is 10.4 Å². The van der Waals surface area contributed by atoms with Gasteiger partial charge in [-0.1, -0.05) is 0 Å². The molecular formula is C23H26N4O4S. The van der Waals surface area contributed by atoms with Crippen LogP contribution in [0.5, 0.6) is 0 Å². The zero-order chi connectivity index (χ0) is 21.9. The molecule has 2 aromatic rings. The lowest BCUT2D eigenvalue weighted by Crippen LogP contribution is -2.38. The van der Waals surface area contributed by atoms with Gasteiger partial charge in [-0.15, -0.1) is 11.8 Å². The summed E-state index contributed by atoms with van der Waals surface area (Å²) in [5, 5.41) is 5.94. The second-order valence-corrected chi connectivity index (χ2v) is 8.92. The molecule has 2 amide bonds. The number of nitrogens with one attached hydrogen (secondary N) is 2. The van der Waals surface area contributed by atoms with Crippen LogP contribution in [0.15, 0.2) is 41.3 Å². The number of hydrogen-bond acceptors (Lipinski definition) is 7. The van der Waals surface area contributed by atoms with E-state index in [4.69, 9.17) is 9.47 Å². The molecule has 0 aliphatic carbocycles. The Labute approximate surface area is 191 Å². The van der Waals surface area contributed by atoms with Crippen LogP contribution in [-0.2, 0) is 14.3 Å². The van der Waals surface area contributed by atoms with Crippen LogP contribution in [0.3, 0.4) is 0 Å². The maximum atomic E-state index is 13.1. The van der Waals surface area contributed by atoms with Crippen molar-refractivity contribution >= 4 is 46.3 Å². The molecule has 0 spiro atoms. The molecule has 9 heteroatoms. The first kappa shape index (κ1) is 21.1. The minimum atomic E-state index is -0.203. The summed E-state index contributed by atoms with van der Waals surface area (Å²) in [6, 6.07) is 11.6. The van der Waals surface area contributed by atoms with Gasteiger partial charge < -0.3 is 29.9 Å². The lowest BCUT2D eigenvalue weighted by molar-refractivity contribution is -0.113. The maximum absolute atomic E-state index is 13.1. The fourth-order valence-electron chi connectivity index (χ4n) is 4.13. The predicted octanol–water partition coefficient (Wildman–Crippen LogP) is 2.66. The molecule has 0 radical (unpaired) electrons. The summed E-state index contributed by atoms with van der Waals surface area (Å²) < 4.78 is 11.0. The highest BCUT2D eigenvalue weighted by Gasteiger charge is 2.21. The van der Waals surface area contributed by atoms with Gasteiger partial charge in [0.15, 0.2) is 0 Å². The third-order valence-electron chi connectivity index (χ3n) is 5.83. The molecule has 3 heterocycles. The summed E-state index contributed by atoms with van der Waals surface area (Å²) in [6.45, 7) is 6.03. The van der Waals surface area contributed by atoms with Crippen molar-refractivity contribution in [3.8, 4) is 0 Å². The van der Waals surface area contributed by atoms with Crippen LogP contribution in [0.2, 0.25) is 0 Å². The summed E-state index contributed by atoms with van der Waals surface area (Å²) in [7, 11) is 0. The minimum absolute atomic E-state index is 0.0478. The summed E-state index contributed by atoms with van der Waals surface area (Å²) >= 11 is 1.48. The van der Waals surface area contributed by atoms with E-state index in [2.05, 4.69) is 32.6 Å². The third kappa shape index (κ3) is 4.55. The fourth-order valence-corrected chi connectivity index (χ4v) is 4.92. The number of benzene rings is 2. The molecule has 3 aliphatic rings. The standard InChI is InChI=1S/C23H26N4O4S/c28-22-15-32-21-4-1-16(13-19(21)24-22)23(29)25-18-3-2-17(26-5-9-30-10-6-26)14-20(18)27-7-11-31-12-8-27/h1-4,13-14H,5-12,15H2,(H,24,28)(H,25,29). The van der Waals surface area contributed by atoms with Crippen LogP contribution >= 0.6 is 11.8 Å². The van der Waals surface area contributed by atoms with Gasteiger partial charge in [-0.3, -0.25) is 9.59 Å². The molecule has 8 nitrogen and oxygen atoms in total. The average molecular weight is 455 g/mol. The van der Waals surface area contributed by atoms with Crippen molar-refractivity contribution in [2.75, 3.05) is 78.8 Å². The average Bonchev–Trinajstić information content (AvgIpc) is 2.85. The molecule has 2 saturated heterocycles. The van der Waals surface area contributed by atoms with E-state index in [0.29, 0.717) is 30.2 Å². The summed E-state index contributed by atoms with van der Waals surface area (Å²) in [5.41, 5.74) is 4.09. The van der Waals surface area contributed by atoms with Crippen LogP contribution in [-0.4, -0.2) is 70.2 Å². The van der Waals surface area contributed by atoms with Gasteiger partial charge in [0.2, 0.25) is 5.91 Å². The molecule has 5 rings (SSSR count). The largest absolute Gasteiger partial charge is 0.378 e. The summed E-state index contributed by atoms with van der Waals surface area (Å²) in [4.78, 5) is 30.4. The Hall–Kier alpha value is -2.75. The van der Waals surface area contributed by atoms with Gasteiger partial charge in [-0.05, 0) is 36.4 Å². The molecule has 0 unspecified atom stereocenters. The number of anilines is 4. The van der Waals surface area contributed by atoms with E-state index in [1.807, 2.05) is 12.1 Å². The molecular weight excluding hydrogens is 428 g/mol. The zero-order valence-corrected chi connectivity index (χ0v) is 18.6. The van der Waals surface area contributed by atoms with Gasteiger partial charge in [0.05, 0.1) is 49.2 Å². The topological polar surface area (TPSA) is 83.1 Å². The van der Waals surface area contributed by atoms with Crippen molar-refractivity contribution in [1.29, 1.82) is 0 Å². The van der Waals surface area contributed by atoms with Gasteiger partial charge in [-0.2, -0.15) is 0 Å². The van der Waals surface area contributed by atoms with Crippen molar-refractivity contribution in [2.24, 2.45) is 0 Å². The van der Waals surface area contributed by atoms with Crippen molar-refractivity contribution in [2.45, 2.75) is 4.90 Å². The first-order valence-electron chi connectivity index (χ1n) is 10.8. The Morgan fingerprint density at radius 1 is 0.938 bits per heavy atom. The highest BCUT2D eigenvalue weighted by molar-refractivity contribution is 8.00. The molecule has 2 aromatic carbocycles. The second kappa shape index (κ2) is 9.40. The van der Waals surface area contributed by atoms with Gasteiger partial charge in [0.25, 0.3) is 5.91 Å². The number of ether oxygens (including phenoxy) is 2. The van der Waals surface area contributed by atoms with Crippen molar-refractivity contribution in [3.63, 3.8) is 0 Å². The second-order valence-electron chi connectivity index (χ2n) is 7.90. The van der Waals surface area contributed by atoms with Gasteiger partial charge in [0.1, 0.15) is 0 Å². The lowest BCUT2D eigenvalue weighted by atomic mass is 10.1. The van der Waals surface area contributed by atoms with E-state index in [1.165, 1.54) is 11.8 Å². The Morgan fingerprint density at radius 3 is 2.41 bits per heavy atom. The zero-order valence-electron chi connectivity index (χ0n) is 17.8. The predicted molar refractivity (Wildman–Crippen MR) is 126 cm³/mol. The quantitative estimate of drug-likeness (QED) is 0.735. The number of nitrogens with zero attached hydrogens (tertiary/aromatic N) is 2. The molecule has 0 aromatic heterocycles. The summed E-state index contributed by atoms with van der Waals surface area (Å²) in [5.74, 6) is 0.149. The third-order valence-corrected chi connectivity index (χ3v) is 6.91. The molecule has 0 saturated carbocycles. The van der Waals surface area contributed by atoms with Crippen LogP contribution in [0, 0.1) is 0 Å². The number of morpholine rings is 2. The fraction of sp³-hybridized carbons (Fsp3) is 0.391. The number of fused-ring (bicyclic) bond motifs is 1. The smallest absolute Gasteiger partial charge is 0.255 e. The van der Waals surface area contributed by atoms with E-state index in [9.17, 15) is 9.59 Å².